The number of benzene rings is 2. The number of anilines is 2. The predicted octanol–water partition coefficient (Wildman–Crippen LogP) is 3.36. The largest absolute Gasteiger partial charge is 0.462 e. The molecule has 0 unspecified atom stereocenters. The molecule has 244 valence electrons. The molecular weight excluding hydrogens is 620 g/mol. The maximum Gasteiger partial charge on any atom is 0.459 e. The number of carbonyl (C=O) groups is 1. The normalized spacial score (nSPS) is 23.2. The van der Waals surface area contributed by atoms with Crippen molar-refractivity contribution < 1.29 is 37.4 Å². The number of nitrogen functional groups attached to an aromatic ring is 1. The molecule has 14 nitrogen and oxygen atoms in total. The summed E-state index contributed by atoms with van der Waals surface area (Å²) in [5, 5.41) is 15.1. The molecule has 1 saturated heterocycles. The Morgan fingerprint density at radius 2 is 1.98 bits per heavy atom. The first-order chi connectivity index (χ1) is 21.8. The molecule has 5 rings (SSSR count). The third-order valence-corrected chi connectivity index (χ3v) is 8.83. The van der Waals surface area contributed by atoms with E-state index in [4.69, 9.17) is 30.7 Å². The second kappa shape index (κ2) is 12.8. The number of imidazole rings is 1. The molecule has 1 aliphatic heterocycles. The second-order valence-electron chi connectivity index (χ2n) is 11.2. The van der Waals surface area contributed by atoms with Crippen LogP contribution in [0.4, 0.5) is 16.2 Å². The smallest absolute Gasteiger partial charge is 0.459 e. The zero-order chi connectivity index (χ0) is 33.4. The number of hydrogen-bond donors (Lipinski definition) is 3. The van der Waals surface area contributed by atoms with Gasteiger partial charge < -0.3 is 29.7 Å². The number of esters is 1. The third-order valence-electron chi connectivity index (χ3n) is 7.20. The number of aliphatic hydroxyl groups excluding tert-OH is 1. The van der Waals surface area contributed by atoms with E-state index in [1.807, 2.05) is 24.1 Å². The van der Waals surface area contributed by atoms with E-state index < -0.39 is 56.6 Å². The van der Waals surface area contributed by atoms with Crippen LogP contribution in [0.25, 0.3) is 21.9 Å². The maximum absolute atomic E-state index is 16.4. The van der Waals surface area contributed by atoms with Crippen LogP contribution in [-0.4, -0.2) is 81.3 Å². The number of aromatic nitrogens is 4. The summed E-state index contributed by atoms with van der Waals surface area (Å²) in [5.74, 6) is 1.73. The first-order valence-electron chi connectivity index (χ1n) is 14.3. The number of aliphatic hydroxyl groups is 1. The minimum Gasteiger partial charge on any atom is -0.462 e. The van der Waals surface area contributed by atoms with Crippen LogP contribution in [0.2, 0.25) is 0 Å². The number of fused-ring (bicyclic) bond motifs is 2. The lowest BCUT2D eigenvalue weighted by Gasteiger charge is -2.25. The fraction of sp³-hybridized carbons (Fsp3) is 0.400. The van der Waals surface area contributed by atoms with Crippen molar-refractivity contribution in [3.63, 3.8) is 0 Å². The van der Waals surface area contributed by atoms with Crippen molar-refractivity contribution in [1.82, 2.24) is 24.6 Å². The molecule has 6 atom stereocenters. The van der Waals surface area contributed by atoms with Crippen molar-refractivity contribution in [1.29, 1.82) is 0 Å². The molecule has 3 heterocycles. The van der Waals surface area contributed by atoms with E-state index in [0.717, 1.165) is 5.39 Å². The maximum atomic E-state index is 16.4. The molecule has 16 heteroatoms. The summed E-state index contributed by atoms with van der Waals surface area (Å²) in [7, 11) is -1.00. The van der Waals surface area contributed by atoms with Gasteiger partial charge in [-0.25, -0.2) is 13.9 Å². The second-order valence-corrected chi connectivity index (χ2v) is 12.9. The van der Waals surface area contributed by atoms with E-state index in [1.165, 1.54) is 17.8 Å². The van der Waals surface area contributed by atoms with Crippen molar-refractivity contribution in [3.05, 3.63) is 48.8 Å². The van der Waals surface area contributed by atoms with E-state index in [-0.39, 0.29) is 22.9 Å². The Hall–Kier alpha value is -4.32. The van der Waals surface area contributed by atoms with E-state index in [9.17, 15) is 14.5 Å². The fourth-order valence-electron chi connectivity index (χ4n) is 5.00. The van der Waals surface area contributed by atoms with Crippen molar-refractivity contribution in [3.8, 4) is 18.1 Å². The zero-order valence-corrected chi connectivity index (χ0v) is 26.7. The first kappa shape index (κ1) is 33.1. The van der Waals surface area contributed by atoms with Crippen molar-refractivity contribution >= 4 is 47.4 Å². The lowest BCUT2D eigenvalue weighted by molar-refractivity contribution is -0.149. The molecule has 4 aromatic rings. The molecule has 0 bridgehead atoms. The van der Waals surface area contributed by atoms with Crippen LogP contribution in [0.15, 0.2) is 48.8 Å². The Labute approximate surface area is 264 Å². The summed E-state index contributed by atoms with van der Waals surface area (Å²) >= 11 is 0. The number of alkyl halides is 1. The Bertz CT molecular complexity index is 1840. The van der Waals surface area contributed by atoms with Gasteiger partial charge in [0.2, 0.25) is 11.6 Å². The van der Waals surface area contributed by atoms with Crippen LogP contribution in [0.1, 0.15) is 27.0 Å². The Morgan fingerprint density at radius 3 is 2.67 bits per heavy atom. The Morgan fingerprint density at radius 1 is 1.26 bits per heavy atom. The van der Waals surface area contributed by atoms with Gasteiger partial charge in [0.1, 0.15) is 24.0 Å². The van der Waals surface area contributed by atoms with Crippen LogP contribution in [0.3, 0.4) is 0 Å². The highest BCUT2D eigenvalue weighted by molar-refractivity contribution is 7.52. The highest BCUT2D eigenvalue weighted by Gasteiger charge is 2.58. The van der Waals surface area contributed by atoms with E-state index >= 15 is 4.39 Å². The molecule has 46 heavy (non-hydrogen) atoms. The summed E-state index contributed by atoms with van der Waals surface area (Å²) < 4.78 is 54.7. The SMILES string of the molecule is C#C[C@@]1(F)[C@H](O)[C@@H](CO[P@@](=O)(N[C@H](C)C(=O)OC(C)C)Oc2cccc3ccccc23)O[C@H]1n1cnc2c(N(C)C)nc(N)nc21. The van der Waals surface area contributed by atoms with Gasteiger partial charge >= 0.3 is 13.7 Å². The quantitative estimate of drug-likeness (QED) is 0.122. The van der Waals surface area contributed by atoms with Crippen LogP contribution >= 0.6 is 7.75 Å². The number of hydrogen-bond acceptors (Lipinski definition) is 12. The molecule has 2 aromatic heterocycles. The number of halogens is 1. The monoisotopic (exact) mass is 655 g/mol. The summed E-state index contributed by atoms with van der Waals surface area (Å²) in [6.45, 7) is 4.10. The van der Waals surface area contributed by atoms with E-state index in [0.29, 0.717) is 11.2 Å². The van der Waals surface area contributed by atoms with Gasteiger partial charge in [-0.3, -0.25) is 13.9 Å². The molecule has 0 radical (unpaired) electrons. The predicted molar refractivity (Wildman–Crippen MR) is 169 cm³/mol. The molecule has 0 aliphatic carbocycles. The molecule has 4 N–H and O–H groups in total. The molecular formula is C30H35FN7O7P. The van der Waals surface area contributed by atoms with Crippen LogP contribution in [0.5, 0.6) is 5.75 Å². The number of nitrogens with one attached hydrogen (secondary N) is 1. The summed E-state index contributed by atoms with van der Waals surface area (Å²) in [6.07, 6.45) is 1.35. The molecule has 0 saturated carbocycles. The number of ether oxygens (including phenoxy) is 2. The number of rotatable bonds is 11. The minimum atomic E-state index is -4.45. The molecule has 2 aromatic carbocycles. The Balaban J connectivity index is 1.45. The average Bonchev–Trinajstić information content (AvgIpc) is 3.53. The van der Waals surface area contributed by atoms with Gasteiger partial charge in [-0.05, 0) is 32.2 Å². The van der Waals surface area contributed by atoms with Gasteiger partial charge in [0, 0.05) is 19.5 Å². The summed E-state index contributed by atoms with van der Waals surface area (Å²) in [6, 6.07) is 11.2. The lowest BCUT2D eigenvalue weighted by atomic mass is 9.97. The van der Waals surface area contributed by atoms with Gasteiger partial charge in [-0.2, -0.15) is 15.1 Å². The first-order valence-corrected chi connectivity index (χ1v) is 15.9. The minimum absolute atomic E-state index is 0.107. The summed E-state index contributed by atoms with van der Waals surface area (Å²) in [4.78, 5) is 26.9. The number of carbonyl (C=O) groups excluding carboxylic acids is 1. The number of nitrogens with two attached hydrogens (primary N) is 1. The molecule has 1 aliphatic rings. The summed E-state index contributed by atoms with van der Waals surface area (Å²) in [5.41, 5.74) is 3.50. The molecule has 0 spiro atoms. The highest BCUT2D eigenvalue weighted by atomic mass is 31.2. The molecule has 1 fully saturated rings. The Kier molecular flexibility index (Phi) is 9.21. The van der Waals surface area contributed by atoms with Gasteiger partial charge in [-0.1, -0.05) is 42.3 Å². The van der Waals surface area contributed by atoms with Crippen LogP contribution < -0.4 is 20.2 Å². The average molecular weight is 656 g/mol. The van der Waals surface area contributed by atoms with Gasteiger partial charge in [-0.15, -0.1) is 6.42 Å². The number of nitrogens with zero attached hydrogens (tertiary/aromatic N) is 5. The van der Waals surface area contributed by atoms with Gasteiger partial charge in [0.05, 0.1) is 19.0 Å². The topological polar surface area (TPSA) is 176 Å². The van der Waals surface area contributed by atoms with Gasteiger partial charge in [0.15, 0.2) is 23.2 Å². The standard InChI is InChI=1S/C30H35FN7O7P/c1-7-30(31)24(39)22(44-28(30)38-16-33-23-25(37(5)6)34-29(32)35-26(23)38)15-42-46(41,36-18(4)27(40)43-17(2)3)45-21-14-10-12-19-11-8-9-13-20(19)21/h1,8-14,16-18,22,24,28,39H,15H2,2-6H3,(H,36,41)(H2,32,34,35)/t18-,22-,24-,28-,30-,46+/m1/s1. The van der Waals surface area contributed by atoms with Gasteiger partial charge in [0.25, 0.3) is 0 Å². The van der Waals surface area contributed by atoms with Crippen LogP contribution in [0, 0.1) is 12.3 Å². The van der Waals surface area contributed by atoms with Crippen molar-refractivity contribution in [2.45, 2.75) is 57.0 Å². The molecule has 0 amide bonds. The van der Waals surface area contributed by atoms with Crippen molar-refractivity contribution in [2.75, 3.05) is 31.3 Å². The van der Waals surface area contributed by atoms with Crippen molar-refractivity contribution in [2.24, 2.45) is 0 Å². The lowest BCUT2D eigenvalue weighted by Crippen LogP contribution is -2.42. The third kappa shape index (κ3) is 6.35. The number of terminal acetylenes is 1. The highest BCUT2D eigenvalue weighted by Crippen LogP contribution is 2.49. The fourth-order valence-corrected chi connectivity index (χ4v) is 6.52. The van der Waals surface area contributed by atoms with E-state index in [2.05, 4.69) is 20.0 Å². The zero-order valence-electron chi connectivity index (χ0n) is 25.8. The van der Waals surface area contributed by atoms with E-state index in [1.54, 1.807) is 57.1 Å². The van der Waals surface area contributed by atoms with Crippen LogP contribution in [-0.2, 0) is 23.4 Å².